The van der Waals surface area contributed by atoms with E-state index in [0.29, 0.717) is 24.2 Å². The number of aromatic amines is 1. The van der Waals surface area contributed by atoms with Gasteiger partial charge in [-0.1, -0.05) is 80.4 Å². The van der Waals surface area contributed by atoms with Crippen LogP contribution in [0.3, 0.4) is 0 Å². The molecule has 1 aromatic carbocycles. The van der Waals surface area contributed by atoms with Gasteiger partial charge in [0.15, 0.2) is 17.9 Å². The monoisotopic (exact) mass is 1680 g/mol. The highest BCUT2D eigenvalue weighted by molar-refractivity contribution is 7.80. The van der Waals surface area contributed by atoms with Gasteiger partial charge in [-0.05, 0) is 119 Å². The molecule has 44 heteroatoms. The highest BCUT2D eigenvalue weighted by Gasteiger charge is 2.40. The molecule has 0 unspecified atom stereocenters. The fourth-order valence-electron chi connectivity index (χ4n) is 12.1. The van der Waals surface area contributed by atoms with Crippen molar-refractivity contribution >= 4 is 119 Å². The van der Waals surface area contributed by atoms with Crippen LogP contribution >= 0.6 is 12.6 Å². The average Bonchev–Trinajstić information content (AvgIpc) is 1.00. The van der Waals surface area contributed by atoms with Gasteiger partial charge < -0.3 is 129 Å². The molecule has 43 nitrogen and oxygen atoms in total. The molecule has 2 aromatic rings. The maximum absolute atomic E-state index is 14.9. The molecule has 1 aliphatic rings. The number of nitrogens with zero attached hydrogens (tertiary/aromatic N) is 4. The normalized spacial score (nSPS) is 15.9. The number of amides is 13. The molecule has 1 aromatic heterocycles. The van der Waals surface area contributed by atoms with Crippen LogP contribution in [0.2, 0.25) is 0 Å². The van der Waals surface area contributed by atoms with E-state index in [1.165, 1.54) is 31.6 Å². The zero-order chi connectivity index (χ0) is 88.5. The first-order valence-corrected chi connectivity index (χ1v) is 39.9. The molecule has 3 rings (SSSR count). The summed E-state index contributed by atoms with van der Waals surface area (Å²) in [6.07, 6.45) is 2.53. The van der Waals surface area contributed by atoms with E-state index in [9.17, 15) is 87.2 Å². The molecule has 13 amide bonds. The number of carbonyl (C=O) groups excluding carboxylic acids is 13. The maximum atomic E-state index is 14.9. The van der Waals surface area contributed by atoms with Crippen molar-refractivity contribution in [1.82, 2.24) is 84.4 Å². The Balaban J connectivity index is 1.94. The predicted octanol–water partition coefficient (Wildman–Crippen LogP) is -5.56. The molecule has 118 heavy (non-hydrogen) atoms. The van der Waals surface area contributed by atoms with E-state index in [2.05, 4.69) is 112 Å². The van der Waals surface area contributed by atoms with Gasteiger partial charge in [0.05, 0.1) is 18.9 Å². The second-order valence-corrected chi connectivity index (χ2v) is 30.1. The van der Waals surface area contributed by atoms with Gasteiger partial charge in [-0.25, -0.2) is 9.78 Å². The molecular formula is C74H123N25O18S. The van der Waals surface area contributed by atoms with Crippen LogP contribution in [-0.2, 0) is 84.8 Å². The number of rotatable bonds is 54. The minimum absolute atomic E-state index is 0.000955. The number of aromatic nitrogens is 2. The quantitative estimate of drug-likeness (QED) is 0.0127. The van der Waals surface area contributed by atoms with Gasteiger partial charge in [-0.2, -0.15) is 12.6 Å². The standard InChI is InChI=1S/C74H123N25O18S/c1-10-39(7)57(70(115)95-50(30-37(3)4)66(111)91-49(24-25-55(102)103)63(108)94-52(32-43-33-81-36-87-43)67(112)96-53(35-118)71(116)117)98-65(110)48(19-15-29-85-74(79)80)90-62(107)46(17-13-27-83-72(75)76)92-69(114)58(40(8)11-2)99-68(113)56(38(5)6)97-64(109)47(18-14-28-84-73(77)78)89-59(104)41(9)88-54(101)34-86-60(105)51(31-42-20-22-44(100)23-21-42)93-61(106)45-16-12-26-82-45/h20-23,33,36-41,45-53,56-58,82,100,118H,10-19,24-32,34-35H2,1-9H3,(H,81,87)(H,86,105)(H,88,101)(H,89,104)(H,90,107)(H,91,111)(H,92,114)(H,93,106)(H,94,108)(H,95,115)(H,96,112)(H,97,109)(H,98,110)(H,99,113)(H,102,103)(H,116,117)(H4,75,76,83)(H4,77,78,84)(H4,79,80,85)/t39-,40-,41-,45-,46-,47-,48-,49-,50-,51-,52-,53-,56-,57-,58-/m0/s1. The number of phenols is 1. The number of guanidine groups is 3. The molecule has 658 valence electrons. The lowest BCUT2D eigenvalue weighted by atomic mass is 9.95. The number of aromatic hydroxyl groups is 1. The summed E-state index contributed by atoms with van der Waals surface area (Å²) in [4.78, 5) is 227. The zero-order valence-corrected chi connectivity index (χ0v) is 69.2. The van der Waals surface area contributed by atoms with Crippen molar-refractivity contribution in [3.8, 4) is 5.75 Å². The van der Waals surface area contributed by atoms with Crippen LogP contribution in [0.4, 0.5) is 0 Å². The summed E-state index contributed by atoms with van der Waals surface area (Å²) in [5.74, 6) is -17.7. The lowest BCUT2D eigenvalue weighted by molar-refractivity contribution is -0.141. The number of benzene rings is 1. The highest BCUT2D eigenvalue weighted by atomic mass is 32.1. The first-order chi connectivity index (χ1) is 55.7. The summed E-state index contributed by atoms with van der Waals surface area (Å²) in [7, 11) is 0. The molecule has 1 saturated heterocycles. The van der Waals surface area contributed by atoms with Crippen LogP contribution in [0, 0.1) is 23.7 Å². The van der Waals surface area contributed by atoms with Crippen LogP contribution in [0.15, 0.2) is 51.8 Å². The molecule has 0 saturated carbocycles. The molecule has 15 atom stereocenters. The van der Waals surface area contributed by atoms with E-state index in [-0.39, 0.29) is 126 Å². The Morgan fingerprint density at radius 2 is 0.932 bits per heavy atom. The fourth-order valence-corrected chi connectivity index (χ4v) is 12.3. The number of hydrogen-bond donors (Lipinski definition) is 25. The number of nitrogens with two attached hydrogens (primary N) is 6. The minimum atomic E-state index is -1.67. The van der Waals surface area contributed by atoms with Crippen LogP contribution in [-0.4, -0.2) is 249 Å². The number of nitrogens with one attached hydrogen (secondary N) is 15. The number of phenolic OH excluding ortho intramolecular Hbond substituents is 1. The number of aliphatic imine (C=N–C) groups is 3. The lowest BCUT2D eigenvalue weighted by Gasteiger charge is -2.31. The van der Waals surface area contributed by atoms with Crippen molar-refractivity contribution in [2.24, 2.45) is 73.1 Å². The molecule has 0 aliphatic carbocycles. The van der Waals surface area contributed by atoms with Gasteiger partial charge >= 0.3 is 11.9 Å². The Bertz CT molecular complexity index is 3760. The van der Waals surface area contributed by atoms with Gasteiger partial charge in [0.25, 0.3) is 0 Å². The van der Waals surface area contributed by atoms with E-state index in [1.54, 1.807) is 67.5 Å². The summed E-state index contributed by atoms with van der Waals surface area (Å²) in [6.45, 7) is 14.5. The van der Waals surface area contributed by atoms with E-state index in [4.69, 9.17) is 34.4 Å². The van der Waals surface area contributed by atoms with Crippen LogP contribution in [0.5, 0.6) is 5.75 Å². The number of aliphatic carboxylic acids is 2. The molecular weight excluding hydrogens is 1560 g/mol. The topological polar surface area (TPSA) is 707 Å². The largest absolute Gasteiger partial charge is 0.508 e. The van der Waals surface area contributed by atoms with Crippen LogP contribution in [0.25, 0.3) is 0 Å². The van der Waals surface area contributed by atoms with Crippen molar-refractivity contribution < 1.29 is 87.2 Å². The number of carboxylic acid groups (broad SMARTS) is 2. The molecule has 2 heterocycles. The summed E-state index contributed by atoms with van der Waals surface area (Å²) in [5, 5.41) is 66.0. The van der Waals surface area contributed by atoms with Crippen LogP contribution < -0.4 is 109 Å². The third-order valence-electron chi connectivity index (χ3n) is 19.2. The van der Waals surface area contributed by atoms with Gasteiger partial charge in [0.2, 0.25) is 76.8 Å². The summed E-state index contributed by atoms with van der Waals surface area (Å²) in [5.41, 5.74) is 34.6. The van der Waals surface area contributed by atoms with Crippen molar-refractivity contribution in [3.05, 3.63) is 48.0 Å². The smallest absolute Gasteiger partial charge is 0.327 e. The Labute approximate surface area is 690 Å². The Kier molecular flexibility index (Phi) is 44.5. The number of thiol groups is 1. The third-order valence-corrected chi connectivity index (χ3v) is 19.5. The third kappa shape index (κ3) is 37.1. The number of hydrogen-bond acceptors (Lipinski definition) is 22. The summed E-state index contributed by atoms with van der Waals surface area (Å²) < 4.78 is 0. The molecule has 30 N–H and O–H groups in total. The first-order valence-electron chi connectivity index (χ1n) is 39.3. The van der Waals surface area contributed by atoms with E-state index < -0.39 is 204 Å². The number of carbonyl (C=O) groups is 15. The SMILES string of the molecule is CC[C@H](C)[C@H](NC(=O)[C@H](CCCN=C(N)N)NC(=O)[C@H](CCCN=C(N)N)NC(=O)[C@@H](NC(=O)[C@@H](NC(=O)[C@H](CCCN=C(N)N)NC(=O)[C@H](C)NC(=O)CNC(=O)[C@H](Cc1ccc(O)cc1)NC(=O)[C@@H]1CCCN1)C(C)C)[C@@H](C)CC)C(=O)N[C@@H](CC(C)C)C(=O)N[C@@H](CCC(=O)O)C(=O)N[C@@H](Cc1cnc[nH]1)C(=O)N[C@@H](CS)C(=O)O. The van der Waals surface area contributed by atoms with E-state index >= 15 is 0 Å². The van der Waals surface area contributed by atoms with Crippen molar-refractivity contribution in [1.29, 1.82) is 0 Å². The summed E-state index contributed by atoms with van der Waals surface area (Å²) in [6, 6.07) is -11.9. The molecule has 0 radical (unpaired) electrons. The Morgan fingerprint density at radius 1 is 0.508 bits per heavy atom. The number of imidazole rings is 1. The van der Waals surface area contributed by atoms with Gasteiger partial charge in [-0.15, -0.1) is 0 Å². The molecule has 0 spiro atoms. The van der Waals surface area contributed by atoms with Crippen molar-refractivity contribution in [2.45, 2.75) is 237 Å². The maximum Gasteiger partial charge on any atom is 0.327 e. The van der Waals surface area contributed by atoms with Crippen LogP contribution in [0.1, 0.15) is 157 Å². The van der Waals surface area contributed by atoms with Gasteiger partial charge in [0, 0.05) is 56.5 Å². The lowest BCUT2D eigenvalue weighted by Crippen LogP contribution is -2.62. The average molecular weight is 1680 g/mol. The van der Waals surface area contributed by atoms with E-state index in [0.717, 1.165) is 6.42 Å². The number of carboxylic acids is 2. The molecule has 1 fully saturated rings. The Morgan fingerprint density at radius 3 is 1.37 bits per heavy atom. The van der Waals surface area contributed by atoms with E-state index in [1.807, 2.05) is 0 Å². The highest BCUT2D eigenvalue weighted by Crippen LogP contribution is 2.18. The zero-order valence-electron chi connectivity index (χ0n) is 68.3. The second-order valence-electron chi connectivity index (χ2n) is 29.7. The second kappa shape index (κ2) is 52.2. The summed E-state index contributed by atoms with van der Waals surface area (Å²) >= 11 is 3.99. The van der Waals surface area contributed by atoms with Gasteiger partial charge in [0.1, 0.15) is 78.3 Å². The van der Waals surface area contributed by atoms with Gasteiger partial charge in [-0.3, -0.25) is 82.1 Å². The molecule has 0 bridgehead atoms. The Hall–Kier alpha value is -11.6. The van der Waals surface area contributed by atoms with Crippen molar-refractivity contribution in [3.63, 3.8) is 0 Å². The van der Waals surface area contributed by atoms with Crippen molar-refractivity contribution in [2.75, 3.05) is 38.5 Å². The fraction of sp³-hybridized carbons (Fsp3) is 0.635. The minimum Gasteiger partial charge on any atom is -0.508 e. The predicted molar refractivity (Wildman–Crippen MR) is 438 cm³/mol. The number of H-pyrrole nitrogens is 1. The molecule has 1 aliphatic heterocycles. The first kappa shape index (κ1) is 101.